The summed E-state index contributed by atoms with van der Waals surface area (Å²) < 4.78 is 5.55. The third-order valence-electron chi connectivity index (χ3n) is 3.18. The Hall–Kier alpha value is -1.85. The highest BCUT2D eigenvalue weighted by Crippen LogP contribution is 2.19. The summed E-state index contributed by atoms with van der Waals surface area (Å²) in [5.41, 5.74) is 2.37. The molecule has 112 valence electrons. The van der Waals surface area contributed by atoms with Crippen LogP contribution < -0.4 is 15.4 Å². The molecule has 0 atom stereocenters. The lowest BCUT2D eigenvalue weighted by Gasteiger charge is -2.11. The summed E-state index contributed by atoms with van der Waals surface area (Å²) in [5, 5.41) is 8.07. The van der Waals surface area contributed by atoms with Gasteiger partial charge in [0.1, 0.15) is 5.75 Å². The maximum atomic E-state index is 11.3. The molecule has 0 aliphatic carbocycles. The number of hydrogen-bond acceptors (Lipinski definition) is 4. The van der Waals surface area contributed by atoms with Gasteiger partial charge in [0.05, 0.1) is 0 Å². The van der Waals surface area contributed by atoms with Crippen molar-refractivity contribution in [3.8, 4) is 5.75 Å². The first-order valence-corrected chi connectivity index (χ1v) is 7.73. The molecule has 1 aromatic heterocycles. The van der Waals surface area contributed by atoms with Gasteiger partial charge in [-0.2, -0.15) is 0 Å². The van der Waals surface area contributed by atoms with Crippen LogP contribution in [-0.4, -0.2) is 19.6 Å². The summed E-state index contributed by atoms with van der Waals surface area (Å²) in [6.07, 6.45) is 0. The zero-order chi connectivity index (χ0) is 15.1. The molecule has 1 amide bonds. The summed E-state index contributed by atoms with van der Waals surface area (Å²) in [4.78, 5) is 12.6. The maximum absolute atomic E-state index is 11.3. The van der Waals surface area contributed by atoms with Gasteiger partial charge in [-0.05, 0) is 30.0 Å². The monoisotopic (exact) mass is 304 g/mol. The quantitative estimate of drug-likeness (QED) is 0.826. The van der Waals surface area contributed by atoms with Crippen LogP contribution in [0.5, 0.6) is 5.75 Å². The number of ether oxygens (including phenoxy) is 1. The summed E-state index contributed by atoms with van der Waals surface area (Å²) >= 11 is 1.76. The molecule has 0 radical (unpaired) electrons. The van der Waals surface area contributed by atoms with Gasteiger partial charge in [0.25, 0.3) is 5.91 Å². The number of carbonyl (C=O) groups excluding carboxylic acids is 1. The van der Waals surface area contributed by atoms with Crippen LogP contribution in [0.3, 0.4) is 0 Å². The van der Waals surface area contributed by atoms with Crippen molar-refractivity contribution in [1.82, 2.24) is 10.6 Å². The molecule has 0 spiro atoms. The molecular formula is C16H20N2O2S. The average Bonchev–Trinajstić information content (AvgIpc) is 2.91. The third-order valence-corrected chi connectivity index (χ3v) is 4.20. The molecule has 0 saturated carbocycles. The zero-order valence-electron chi connectivity index (χ0n) is 12.3. The molecule has 2 rings (SSSR count). The van der Waals surface area contributed by atoms with E-state index in [1.165, 1.54) is 10.4 Å². The molecule has 4 nitrogen and oxygen atoms in total. The largest absolute Gasteiger partial charge is 0.483 e. The highest BCUT2D eigenvalue weighted by atomic mass is 32.1. The van der Waals surface area contributed by atoms with Gasteiger partial charge in [-0.15, -0.1) is 11.3 Å². The second kappa shape index (κ2) is 7.81. The number of carbonyl (C=O) groups is 1. The summed E-state index contributed by atoms with van der Waals surface area (Å²) in [6.45, 7) is 3.71. The molecule has 2 N–H and O–H groups in total. The molecule has 0 aliphatic rings. The minimum atomic E-state index is -0.132. The summed E-state index contributed by atoms with van der Waals surface area (Å²) in [7, 11) is 1.60. The number of hydrogen-bond donors (Lipinski definition) is 2. The van der Waals surface area contributed by atoms with Crippen molar-refractivity contribution in [3.05, 3.63) is 51.7 Å². The Kier molecular flexibility index (Phi) is 5.78. The molecule has 0 fully saturated rings. The predicted molar refractivity (Wildman–Crippen MR) is 85.6 cm³/mol. The van der Waals surface area contributed by atoms with Gasteiger partial charge in [0.15, 0.2) is 6.61 Å². The van der Waals surface area contributed by atoms with Crippen molar-refractivity contribution >= 4 is 17.2 Å². The Balaban J connectivity index is 1.90. The van der Waals surface area contributed by atoms with Gasteiger partial charge in [0, 0.05) is 30.6 Å². The van der Waals surface area contributed by atoms with Crippen LogP contribution in [0.4, 0.5) is 0 Å². The van der Waals surface area contributed by atoms with Gasteiger partial charge >= 0.3 is 0 Å². The van der Waals surface area contributed by atoms with E-state index in [9.17, 15) is 4.79 Å². The molecule has 1 heterocycles. The highest BCUT2D eigenvalue weighted by molar-refractivity contribution is 7.10. The number of likely N-dealkylation sites (N-methyl/N-ethyl adjacent to an activating group) is 1. The van der Waals surface area contributed by atoms with Crippen LogP contribution in [0.25, 0.3) is 0 Å². The first-order chi connectivity index (χ1) is 10.2. The van der Waals surface area contributed by atoms with Gasteiger partial charge in [-0.1, -0.05) is 18.2 Å². The van der Waals surface area contributed by atoms with E-state index in [1.807, 2.05) is 24.3 Å². The summed E-state index contributed by atoms with van der Waals surface area (Å²) in [5.74, 6) is 0.614. The van der Waals surface area contributed by atoms with Crippen LogP contribution in [0.1, 0.15) is 16.0 Å². The lowest BCUT2D eigenvalue weighted by atomic mass is 10.2. The normalized spacial score (nSPS) is 10.4. The Labute approximate surface area is 129 Å². The Morgan fingerprint density at radius 2 is 2.05 bits per heavy atom. The van der Waals surface area contributed by atoms with Gasteiger partial charge in [-0.25, -0.2) is 0 Å². The molecular weight excluding hydrogens is 284 g/mol. The van der Waals surface area contributed by atoms with Gasteiger partial charge < -0.3 is 15.4 Å². The molecule has 5 heteroatoms. The number of aryl methyl sites for hydroxylation is 1. The molecule has 1 aromatic carbocycles. The van der Waals surface area contributed by atoms with Crippen LogP contribution in [0, 0.1) is 6.92 Å². The standard InChI is InChI=1S/C16H20N2O2S/c1-12-7-8-21-15(12)10-18-9-13-5-3-4-6-14(13)20-11-16(19)17-2/h3-8,18H,9-11H2,1-2H3,(H,17,19). The zero-order valence-corrected chi connectivity index (χ0v) is 13.1. The number of nitrogens with one attached hydrogen (secondary N) is 2. The van der Waals surface area contributed by atoms with Crippen LogP contribution in [0.15, 0.2) is 35.7 Å². The van der Waals surface area contributed by atoms with E-state index in [0.29, 0.717) is 6.54 Å². The molecule has 2 aromatic rings. The van der Waals surface area contributed by atoms with E-state index in [4.69, 9.17) is 4.74 Å². The van der Waals surface area contributed by atoms with Crippen LogP contribution >= 0.6 is 11.3 Å². The maximum Gasteiger partial charge on any atom is 0.257 e. The van der Waals surface area contributed by atoms with E-state index < -0.39 is 0 Å². The fourth-order valence-corrected chi connectivity index (χ4v) is 2.78. The fourth-order valence-electron chi connectivity index (χ4n) is 1.90. The second-order valence-corrected chi connectivity index (χ2v) is 5.70. The molecule has 0 saturated heterocycles. The highest BCUT2D eigenvalue weighted by Gasteiger charge is 2.06. The average molecular weight is 304 g/mol. The van der Waals surface area contributed by atoms with Crippen molar-refractivity contribution in [2.75, 3.05) is 13.7 Å². The number of benzene rings is 1. The molecule has 0 aliphatic heterocycles. The number of thiophene rings is 1. The molecule has 0 bridgehead atoms. The van der Waals surface area contributed by atoms with E-state index in [2.05, 4.69) is 29.0 Å². The number of amides is 1. The lowest BCUT2D eigenvalue weighted by Crippen LogP contribution is -2.25. The smallest absolute Gasteiger partial charge is 0.257 e. The van der Waals surface area contributed by atoms with E-state index in [1.54, 1.807) is 18.4 Å². The van der Waals surface area contributed by atoms with Crippen molar-refractivity contribution in [3.63, 3.8) is 0 Å². The fraction of sp³-hybridized carbons (Fsp3) is 0.312. The topological polar surface area (TPSA) is 50.4 Å². The van der Waals surface area contributed by atoms with Crippen molar-refractivity contribution in [1.29, 1.82) is 0 Å². The minimum Gasteiger partial charge on any atom is -0.483 e. The van der Waals surface area contributed by atoms with E-state index in [-0.39, 0.29) is 12.5 Å². The lowest BCUT2D eigenvalue weighted by molar-refractivity contribution is -0.122. The summed E-state index contributed by atoms with van der Waals surface area (Å²) in [6, 6.07) is 9.90. The Bertz CT molecular complexity index is 595. The first-order valence-electron chi connectivity index (χ1n) is 6.85. The SMILES string of the molecule is CNC(=O)COc1ccccc1CNCc1sccc1C. The first kappa shape index (κ1) is 15.5. The second-order valence-electron chi connectivity index (χ2n) is 4.70. The van der Waals surface area contributed by atoms with E-state index in [0.717, 1.165) is 17.9 Å². The predicted octanol–water partition coefficient (Wildman–Crippen LogP) is 2.47. The minimum absolute atomic E-state index is 0.0392. The van der Waals surface area contributed by atoms with Crippen molar-refractivity contribution in [2.45, 2.75) is 20.0 Å². The molecule has 21 heavy (non-hydrogen) atoms. The number of rotatable bonds is 7. The van der Waals surface area contributed by atoms with Crippen molar-refractivity contribution in [2.24, 2.45) is 0 Å². The van der Waals surface area contributed by atoms with Gasteiger partial charge in [0.2, 0.25) is 0 Å². The van der Waals surface area contributed by atoms with Crippen LogP contribution in [0.2, 0.25) is 0 Å². The third kappa shape index (κ3) is 4.58. The Morgan fingerprint density at radius 1 is 1.24 bits per heavy atom. The molecule has 0 unspecified atom stereocenters. The van der Waals surface area contributed by atoms with Gasteiger partial charge in [-0.3, -0.25) is 4.79 Å². The van der Waals surface area contributed by atoms with E-state index >= 15 is 0 Å². The number of para-hydroxylation sites is 1. The Morgan fingerprint density at radius 3 is 2.76 bits per heavy atom. The van der Waals surface area contributed by atoms with Crippen LogP contribution in [-0.2, 0) is 17.9 Å². The van der Waals surface area contributed by atoms with Crippen molar-refractivity contribution < 1.29 is 9.53 Å².